The molecule has 1 N–H and O–H groups in total. The highest BCUT2D eigenvalue weighted by atomic mass is 19.1. The molecule has 0 aliphatic carbocycles. The lowest BCUT2D eigenvalue weighted by atomic mass is 10.1. The third kappa shape index (κ3) is 8.13. The average molecular weight is 500 g/mol. The van der Waals surface area contributed by atoms with Crippen LogP contribution >= 0.6 is 0 Å². The van der Waals surface area contributed by atoms with Gasteiger partial charge in [0.1, 0.15) is 11.6 Å². The summed E-state index contributed by atoms with van der Waals surface area (Å²) in [5, 5.41) is 15.5. The van der Waals surface area contributed by atoms with Gasteiger partial charge in [0.05, 0.1) is 36.3 Å². The van der Waals surface area contributed by atoms with Crippen LogP contribution in [0.5, 0.6) is 11.6 Å². The van der Waals surface area contributed by atoms with Crippen molar-refractivity contribution in [2.24, 2.45) is 0 Å². The number of para-hydroxylation sites is 1. The van der Waals surface area contributed by atoms with E-state index >= 15 is 0 Å². The van der Waals surface area contributed by atoms with Crippen LogP contribution in [0.2, 0.25) is 0 Å². The predicted molar refractivity (Wildman–Crippen MR) is 138 cm³/mol. The lowest BCUT2D eigenvalue weighted by Crippen LogP contribution is -2.36. The highest BCUT2D eigenvalue weighted by Gasteiger charge is 2.23. The number of ether oxygens (including phenoxy) is 3. The standard InChI is InChI=1S/C28H38FN3O4/c1-4-6-17-35-21-24(33)19-31(16-18-34-3)20-26-27(5-2)30-32(23-10-8-7-9-11-23)28(26)36-25-14-12-22(29)13-15-25/h7-15,24,33H,4-6,16-21H2,1-3H3. The van der Waals surface area contributed by atoms with E-state index in [4.69, 9.17) is 19.3 Å². The molecule has 0 aliphatic heterocycles. The molecule has 0 amide bonds. The molecule has 1 unspecified atom stereocenters. The number of nitrogens with zero attached hydrogens (tertiary/aromatic N) is 3. The van der Waals surface area contributed by atoms with Crippen LogP contribution in [0, 0.1) is 5.82 Å². The van der Waals surface area contributed by atoms with Crippen molar-refractivity contribution < 1.29 is 23.7 Å². The lowest BCUT2D eigenvalue weighted by Gasteiger charge is -2.25. The van der Waals surface area contributed by atoms with Crippen molar-refractivity contribution in [2.45, 2.75) is 45.8 Å². The zero-order valence-electron chi connectivity index (χ0n) is 21.5. The lowest BCUT2D eigenvalue weighted by molar-refractivity contribution is 0.0100. The number of aliphatic hydroxyl groups is 1. The number of aryl methyl sites for hydroxylation is 1. The summed E-state index contributed by atoms with van der Waals surface area (Å²) >= 11 is 0. The van der Waals surface area contributed by atoms with Crippen molar-refractivity contribution in [1.82, 2.24) is 14.7 Å². The van der Waals surface area contributed by atoms with E-state index in [1.54, 1.807) is 23.9 Å². The second kappa shape index (κ2) is 14.7. The fourth-order valence-electron chi connectivity index (χ4n) is 3.88. The fraction of sp³-hybridized carbons (Fsp3) is 0.464. The van der Waals surface area contributed by atoms with Crippen molar-refractivity contribution in [3.63, 3.8) is 0 Å². The molecule has 0 aliphatic rings. The first-order valence-corrected chi connectivity index (χ1v) is 12.6. The predicted octanol–water partition coefficient (Wildman–Crippen LogP) is 4.99. The second-order valence-corrected chi connectivity index (χ2v) is 8.70. The monoisotopic (exact) mass is 499 g/mol. The summed E-state index contributed by atoms with van der Waals surface area (Å²) in [6.45, 7) is 7.16. The first kappa shape index (κ1) is 27.8. The van der Waals surface area contributed by atoms with Gasteiger partial charge in [-0.3, -0.25) is 4.90 Å². The van der Waals surface area contributed by atoms with Gasteiger partial charge in [0, 0.05) is 33.4 Å². The first-order valence-electron chi connectivity index (χ1n) is 12.6. The molecular weight excluding hydrogens is 461 g/mol. The number of hydrogen-bond donors (Lipinski definition) is 1. The van der Waals surface area contributed by atoms with E-state index in [2.05, 4.69) is 18.7 Å². The Hall–Kier alpha value is -2.78. The molecule has 0 radical (unpaired) electrons. The molecule has 3 aromatic rings. The Bertz CT molecular complexity index is 1030. The summed E-state index contributed by atoms with van der Waals surface area (Å²) in [6, 6.07) is 15.7. The highest BCUT2D eigenvalue weighted by molar-refractivity contribution is 5.43. The average Bonchev–Trinajstić information content (AvgIpc) is 3.23. The highest BCUT2D eigenvalue weighted by Crippen LogP contribution is 2.32. The molecule has 0 fully saturated rings. The van der Waals surface area contributed by atoms with Gasteiger partial charge in [0.2, 0.25) is 5.88 Å². The molecule has 36 heavy (non-hydrogen) atoms. The van der Waals surface area contributed by atoms with E-state index in [1.807, 2.05) is 30.3 Å². The van der Waals surface area contributed by atoms with Crippen LogP contribution < -0.4 is 4.74 Å². The number of rotatable bonds is 16. The molecule has 7 nitrogen and oxygen atoms in total. The molecule has 8 heteroatoms. The molecule has 0 spiro atoms. The topological polar surface area (TPSA) is 69.0 Å². The van der Waals surface area contributed by atoms with Crippen molar-refractivity contribution in [3.05, 3.63) is 71.7 Å². The summed E-state index contributed by atoms with van der Waals surface area (Å²) in [4.78, 5) is 2.13. The molecule has 0 saturated heterocycles. The van der Waals surface area contributed by atoms with Crippen LogP contribution in [0.25, 0.3) is 5.69 Å². The van der Waals surface area contributed by atoms with Crippen molar-refractivity contribution in [1.29, 1.82) is 0 Å². The quantitative estimate of drug-likeness (QED) is 0.280. The first-order chi connectivity index (χ1) is 17.5. The SMILES string of the molecule is CCCCOCC(O)CN(CCOC)Cc1c(CC)nn(-c2ccccc2)c1Oc1ccc(F)cc1. The Balaban J connectivity index is 1.91. The van der Waals surface area contributed by atoms with Gasteiger partial charge in [-0.1, -0.05) is 38.5 Å². The minimum Gasteiger partial charge on any atom is -0.439 e. The maximum Gasteiger partial charge on any atom is 0.227 e. The van der Waals surface area contributed by atoms with Gasteiger partial charge in [-0.2, -0.15) is 5.10 Å². The number of benzene rings is 2. The Labute approximate surface area is 213 Å². The molecule has 1 heterocycles. The van der Waals surface area contributed by atoms with E-state index in [0.717, 1.165) is 29.8 Å². The van der Waals surface area contributed by atoms with Gasteiger partial charge in [0.25, 0.3) is 0 Å². The van der Waals surface area contributed by atoms with Crippen LogP contribution in [-0.2, 0) is 22.4 Å². The summed E-state index contributed by atoms with van der Waals surface area (Å²) in [5.41, 5.74) is 2.68. The minimum atomic E-state index is -0.630. The van der Waals surface area contributed by atoms with Gasteiger partial charge in [0.15, 0.2) is 0 Å². The molecule has 0 saturated carbocycles. The fourth-order valence-corrected chi connectivity index (χ4v) is 3.88. The second-order valence-electron chi connectivity index (χ2n) is 8.70. The maximum atomic E-state index is 13.5. The number of unbranched alkanes of at least 4 members (excludes halogenated alkanes) is 1. The van der Waals surface area contributed by atoms with E-state index in [1.165, 1.54) is 12.1 Å². The molecular formula is C28H38FN3O4. The largest absolute Gasteiger partial charge is 0.439 e. The molecule has 3 rings (SSSR count). The van der Waals surface area contributed by atoms with E-state index in [0.29, 0.717) is 50.9 Å². The van der Waals surface area contributed by atoms with Gasteiger partial charge in [-0.15, -0.1) is 0 Å². The normalized spacial score (nSPS) is 12.3. The Kier molecular flexibility index (Phi) is 11.4. The van der Waals surface area contributed by atoms with Crippen LogP contribution in [0.3, 0.4) is 0 Å². The molecule has 2 aromatic carbocycles. The van der Waals surface area contributed by atoms with Gasteiger partial charge < -0.3 is 19.3 Å². The minimum absolute atomic E-state index is 0.284. The third-order valence-electron chi connectivity index (χ3n) is 5.80. The van der Waals surface area contributed by atoms with Crippen LogP contribution in [-0.4, -0.2) is 65.9 Å². The van der Waals surface area contributed by atoms with Crippen molar-refractivity contribution >= 4 is 0 Å². The molecule has 1 aromatic heterocycles. The van der Waals surface area contributed by atoms with Crippen molar-refractivity contribution in [2.75, 3.05) is 40.0 Å². The summed E-state index contributed by atoms with van der Waals surface area (Å²) in [5.74, 6) is 0.764. The number of aromatic nitrogens is 2. The number of methoxy groups -OCH3 is 1. The Morgan fingerprint density at radius 1 is 1.06 bits per heavy atom. The van der Waals surface area contributed by atoms with Crippen molar-refractivity contribution in [3.8, 4) is 17.3 Å². The zero-order chi connectivity index (χ0) is 25.8. The van der Waals surface area contributed by atoms with Crippen LogP contribution in [0.4, 0.5) is 4.39 Å². The van der Waals surface area contributed by atoms with Gasteiger partial charge >= 0.3 is 0 Å². The van der Waals surface area contributed by atoms with E-state index in [9.17, 15) is 9.50 Å². The summed E-state index contributed by atoms with van der Waals surface area (Å²) in [7, 11) is 1.66. The smallest absolute Gasteiger partial charge is 0.227 e. The van der Waals surface area contributed by atoms with Gasteiger partial charge in [-0.25, -0.2) is 9.07 Å². The third-order valence-corrected chi connectivity index (χ3v) is 5.80. The van der Waals surface area contributed by atoms with Crippen LogP contribution in [0.15, 0.2) is 54.6 Å². The van der Waals surface area contributed by atoms with Crippen LogP contribution in [0.1, 0.15) is 37.9 Å². The van der Waals surface area contributed by atoms with E-state index < -0.39 is 6.10 Å². The molecule has 1 atom stereocenters. The number of hydrogen-bond acceptors (Lipinski definition) is 6. The number of aliphatic hydroxyl groups excluding tert-OH is 1. The molecule has 196 valence electrons. The number of halogens is 1. The summed E-state index contributed by atoms with van der Waals surface area (Å²) < 4.78 is 32.6. The van der Waals surface area contributed by atoms with Gasteiger partial charge in [-0.05, 0) is 49.2 Å². The van der Waals surface area contributed by atoms with E-state index in [-0.39, 0.29) is 12.4 Å². The maximum absolute atomic E-state index is 13.5. The Morgan fingerprint density at radius 3 is 2.47 bits per heavy atom. The zero-order valence-corrected chi connectivity index (χ0v) is 21.5. The summed E-state index contributed by atoms with van der Waals surface area (Å²) in [6.07, 6.45) is 2.10. The molecule has 0 bridgehead atoms. The Morgan fingerprint density at radius 2 is 1.81 bits per heavy atom.